The number of amides is 2. The van der Waals surface area contributed by atoms with E-state index in [9.17, 15) is 19.5 Å². The maximum absolute atomic E-state index is 12.9. The summed E-state index contributed by atoms with van der Waals surface area (Å²) < 4.78 is 15.1. The second-order valence-corrected chi connectivity index (χ2v) is 8.71. The minimum Gasteiger partial charge on any atom is -0.495 e. The Morgan fingerprint density at radius 2 is 1.81 bits per heavy atom. The second kappa shape index (κ2) is 11.2. The van der Waals surface area contributed by atoms with Gasteiger partial charge in [-0.05, 0) is 45.4 Å². The topological polar surface area (TPSA) is 123 Å². The molecule has 0 aliphatic heterocycles. The largest absolute Gasteiger partial charge is 0.495 e. The Balaban J connectivity index is 3.03. The fourth-order valence-electron chi connectivity index (χ4n) is 2.58. The van der Waals surface area contributed by atoms with Crippen molar-refractivity contribution in [3.63, 3.8) is 0 Å². The van der Waals surface area contributed by atoms with Gasteiger partial charge in [0.2, 0.25) is 5.91 Å². The van der Waals surface area contributed by atoms with E-state index in [1.165, 1.54) is 21.1 Å². The van der Waals surface area contributed by atoms with Crippen molar-refractivity contribution in [1.29, 1.82) is 0 Å². The van der Waals surface area contributed by atoms with Crippen LogP contribution in [0.3, 0.4) is 0 Å². The van der Waals surface area contributed by atoms with Crippen LogP contribution in [-0.2, 0) is 25.5 Å². The van der Waals surface area contributed by atoms with Crippen molar-refractivity contribution in [2.45, 2.75) is 45.8 Å². The van der Waals surface area contributed by atoms with Crippen molar-refractivity contribution >= 4 is 29.6 Å². The molecule has 0 aromatic heterocycles. The van der Waals surface area contributed by atoms with Gasteiger partial charge in [0, 0.05) is 13.0 Å². The van der Waals surface area contributed by atoms with Crippen molar-refractivity contribution in [3.05, 3.63) is 28.8 Å². The molecule has 0 spiro atoms. The van der Waals surface area contributed by atoms with Crippen LogP contribution in [0.25, 0.3) is 0 Å². The molecule has 9 nitrogen and oxygen atoms in total. The van der Waals surface area contributed by atoms with Gasteiger partial charge in [-0.1, -0.05) is 17.7 Å². The van der Waals surface area contributed by atoms with E-state index in [2.05, 4.69) is 15.4 Å². The Labute approximate surface area is 187 Å². The predicted molar refractivity (Wildman–Crippen MR) is 115 cm³/mol. The highest BCUT2D eigenvalue weighted by Crippen LogP contribution is 2.25. The molecule has 0 radical (unpaired) electrons. The van der Waals surface area contributed by atoms with E-state index >= 15 is 0 Å². The number of methoxy groups -OCH3 is 2. The number of aliphatic hydroxyl groups is 1. The zero-order valence-electron chi connectivity index (χ0n) is 18.7. The van der Waals surface area contributed by atoms with Crippen LogP contribution in [0, 0.1) is 5.41 Å². The average molecular weight is 459 g/mol. The molecule has 0 fully saturated rings. The summed E-state index contributed by atoms with van der Waals surface area (Å²) in [5, 5.41) is 15.0. The zero-order chi connectivity index (χ0) is 23.8. The lowest BCUT2D eigenvalue weighted by molar-refractivity contribution is -0.154. The fourth-order valence-corrected chi connectivity index (χ4v) is 2.86. The number of rotatable bonds is 9. The summed E-state index contributed by atoms with van der Waals surface area (Å²) in [7, 11) is 2.68. The van der Waals surface area contributed by atoms with E-state index in [1.54, 1.807) is 39.0 Å². The van der Waals surface area contributed by atoms with Gasteiger partial charge in [0.1, 0.15) is 22.8 Å². The van der Waals surface area contributed by atoms with Crippen LogP contribution in [0.5, 0.6) is 5.75 Å². The molecule has 0 bridgehead atoms. The lowest BCUT2D eigenvalue weighted by atomic mass is 9.91. The molecule has 2 atom stereocenters. The van der Waals surface area contributed by atoms with E-state index < -0.39 is 41.6 Å². The number of aliphatic hydroxyl groups excluding tert-OH is 1. The number of halogens is 1. The average Bonchev–Trinajstić information content (AvgIpc) is 2.69. The SMILES string of the molecule is COC(=O)C(C)(CO)CNC(=O)C(Cc1ccc(OC)c(Cl)c1)NC(=O)OC(C)(C)C. The molecule has 0 heterocycles. The van der Waals surface area contributed by atoms with Gasteiger partial charge in [0.05, 0.1) is 25.8 Å². The number of hydrogen-bond acceptors (Lipinski definition) is 7. The summed E-state index contributed by atoms with van der Waals surface area (Å²) in [6.45, 7) is 5.84. The van der Waals surface area contributed by atoms with Crippen LogP contribution in [0.1, 0.15) is 33.3 Å². The highest BCUT2D eigenvalue weighted by atomic mass is 35.5. The van der Waals surface area contributed by atoms with Crippen LogP contribution in [0.2, 0.25) is 5.02 Å². The molecule has 0 saturated heterocycles. The molecule has 3 N–H and O–H groups in total. The van der Waals surface area contributed by atoms with Gasteiger partial charge >= 0.3 is 12.1 Å². The van der Waals surface area contributed by atoms with Gasteiger partial charge in [-0.2, -0.15) is 0 Å². The molecule has 0 aliphatic carbocycles. The summed E-state index contributed by atoms with van der Waals surface area (Å²) >= 11 is 6.16. The third-order valence-electron chi connectivity index (χ3n) is 4.34. The first kappa shape index (κ1) is 26.5. The molecule has 10 heteroatoms. The molecule has 0 aliphatic rings. The summed E-state index contributed by atoms with van der Waals surface area (Å²) in [4.78, 5) is 37.0. The number of nitrogens with one attached hydrogen (secondary N) is 2. The van der Waals surface area contributed by atoms with Gasteiger partial charge in [-0.15, -0.1) is 0 Å². The molecule has 2 amide bonds. The number of benzene rings is 1. The summed E-state index contributed by atoms with van der Waals surface area (Å²) in [5.41, 5.74) is -1.42. The number of carbonyl (C=O) groups is 3. The first-order chi connectivity index (χ1) is 14.3. The maximum atomic E-state index is 12.9. The Morgan fingerprint density at radius 3 is 2.29 bits per heavy atom. The second-order valence-electron chi connectivity index (χ2n) is 8.30. The third kappa shape index (κ3) is 8.26. The molecule has 1 aromatic carbocycles. The van der Waals surface area contributed by atoms with Crippen LogP contribution in [0.4, 0.5) is 4.79 Å². The molecular formula is C21H31ClN2O7. The van der Waals surface area contributed by atoms with Gasteiger partial charge < -0.3 is 30.0 Å². The first-order valence-corrected chi connectivity index (χ1v) is 10.0. The lowest BCUT2D eigenvalue weighted by Gasteiger charge is -2.27. The Bertz CT molecular complexity index is 794. The Morgan fingerprint density at radius 1 is 1.16 bits per heavy atom. The molecule has 2 unspecified atom stereocenters. The van der Waals surface area contributed by atoms with Crippen molar-refractivity contribution in [2.75, 3.05) is 27.4 Å². The number of alkyl carbamates (subject to hydrolysis) is 1. The monoisotopic (exact) mass is 458 g/mol. The van der Waals surface area contributed by atoms with E-state index in [0.717, 1.165) is 0 Å². The van der Waals surface area contributed by atoms with Crippen molar-refractivity contribution < 1.29 is 33.7 Å². The van der Waals surface area contributed by atoms with Gasteiger partial charge in [0.25, 0.3) is 0 Å². The molecule has 174 valence electrons. The fraction of sp³-hybridized carbons (Fsp3) is 0.571. The number of ether oxygens (including phenoxy) is 3. The van der Waals surface area contributed by atoms with E-state index in [-0.39, 0.29) is 13.0 Å². The normalized spacial score (nSPS) is 14.1. The highest BCUT2D eigenvalue weighted by molar-refractivity contribution is 6.32. The highest BCUT2D eigenvalue weighted by Gasteiger charge is 2.35. The van der Waals surface area contributed by atoms with Gasteiger partial charge in [0.15, 0.2) is 0 Å². The summed E-state index contributed by atoms with van der Waals surface area (Å²) in [6, 6.07) is 3.97. The van der Waals surface area contributed by atoms with Crippen LogP contribution in [-0.4, -0.2) is 62.1 Å². The van der Waals surface area contributed by atoms with Crippen LogP contribution < -0.4 is 15.4 Å². The van der Waals surface area contributed by atoms with Gasteiger partial charge in [-0.25, -0.2) is 4.79 Å². The Hall–Kier alpha value is -2.52. The molecular weight excluding hydrogens is 428 g/mol. The molecule has 1 aromatic rings. The maximum Gasteiger partial charge on any atom is 0.408 e. The van der Waals surface area contributed by atoms with Crippen LogP contribution >= 0.6 is 11.6 Å². The molecule has 31 heavy (non-hydrogen) atoms. The number of esters is 1. The first-order valence-electron chi connectivity index (χ1n) is 9.64. The van der Waals surface area contributed by atoms with Crippen molar-refractivity contribution in [1.82, 2.24) is 10.6 Å². The quantitative estimate of drug-likeness (QED) is 0.484. The minimum absolute atomic E-state index is 0.100. The summed E-state index contributed by atoms with van der Waals surface area (Å²) in [6.07, 6.45) is -0.673. The molecule has 1 rings (SSSR count). The van der Waals surface area contributed by atoms with E-state index in [0.29, 0.717) is 16.3 Å². The van der Waals surface area contributed by atoms with Crippen molar-refractivity contribution in [2.24, 2.45) is 5.41 Å². The zero-order valence-corrected chi connectivity index (χ0v) is 19.5. The number of carbonyl (C=O) groups excluding carboxylic acids is 3. The summed E-state index contributed by atoms with van der Waals surface area (Å²) in [5.74, 6) is -0.765. The lowest BCUT2D eigenvalue weighted by Crippen LogP contribution is -2.52. The van der Waals surface area contributed by atoms with Gasteiger partial charge in [-0.3, -0.25) is 9.59 Å². The standard InChI is InChI=1S/C21H31ClN2O7/c1-20(2,3)31-19(28)24-15(10-13-7-8-16(29-5)14(22)9-13)17(26)23-11-21(4,12-25)18(27)30-6/h7-9,15,25H,10-12H2,1-6H3,(H,23,26)(H,24,28). The smallest absolute Gasteiger partial charge is 0.408 e. The van der Waals surface area contributed by atoms with Crippen molar-refractivity contribution in [3.8, 4) is 5.75 Å². The van der Waals surface area contributed by atoms with E-state index in [1.807, 2.05) is 0 Å². The number of hydrogen-bond donors (Lipinski definition) is 3. The molecule has 0 saturated carbocycles. The predicted octanol–water partition coefficient (Wildman–Crippen LogP) is 2.07. The van der Waals surface area contributed by atoms with Crippen LogP contribution in [0.15, 0.2) is 18.2 Å². The Kier molecular flexibility index (Phi) is 9.58. The third-order valence-corrected chi connectivity index (χ3v) is 4.64. The minimum atomic E-state index is -1.33. The van der Waals surface area contributed by atoms with E-state index in [4.69, 9.17) is 21.1 Å².